The van der Waals surface area contributed by atoms with Crippen molar-refractivity contribution in [3.05, 3.63) is 44.8 Å². The van der Waals surface area contributed by atoms with Crippen molar-refractivity contribution in [2.45, 2.75) is 39.5 Å². The Hall–Kier alpha value is -1.83. The first-order valence-electron chi connectivity index (χ1n) is 10.9. The summed E-state index contributed by atoms with van der Waals surface area (Å²) in [6.45, 7) is 7.70. The van der Waals surface area contributed by atoms with E-state index in [1.165, 1.54) is 22.5 Å². The molecular weight excluding hydrogens is 450 g/mol. The minimum absolute atomic E-state index is 0.242. The van der Waals surface area contributed by atoms with Crippen LogP contribution in [0.15, 0.2) is 18.2 Å². The minimum Gasteiger partial charge on any atom is -0.462 e. The van der Waals surface area contributed by atoms with Gasteiger partial charge in [0, 0.05) is 41.8 Å². The van der Waals surface area contributed by atoms with Crippen LogP contribution >= 0.6 is 35.2 Å². The van der Waals surface area contributed by atoms with Crippen LogP contribution in [0.5, 0.6) is 0 Å². The molecule has 1 saturated heterocycles. The van der Waals surface area contributed by atoms with Gasteiger partial charge in [-0.05, 0) is 75.0 Å². The normalized spacial score (nSPS) is 16.1. The molecule has 0 spiro atoms. The number of benzene rings is 1. The standard InChI is InChI=1S/C23H28ClN3O2S2/c1-3-29-22(28)20-17-6-4-5-7-19(17)31-21(20)25-23(30)27-12-10-26(11-13-27)18-14-16(24)9-8-15(18)2/h8-9,14H,3-7,10-13H2,1-2H3,(H,25,30). The molecule has 1 aliphatic heterocycles. The van der Waals surface area contributed by atoms with Gasteiger partial charge in [0.2, 0.25) is 0 Å². The Bertz CT molecular complexity index is 983. The maximum Gasteiger partial charge on any atom is 0.341 e. The van der Waals surface area contributed by atoms with Crippen LogP contribution in [0.1, 0.15) is 46.1 Å². The quantitative estimate of drug-likeness (QED) is 0.477. The van der Waals surface area contributed by atoms with Gasteiger partial charge in [-0.15, -0.1) is 11.3 Å². The lowest BCUT2D eigenvalue weighted by molar-refractivity contribution is 0.0526. The largest absolute Gasteiger partial charge is 0.462 e. The smallest absolute Gasteiger partial charge is 0.341 e. The van der Waals surface area contributed by atoms with E-state index < -0.39 is 0 Å². The van der Waals surface area contributed by atoms with E-state index in [0.717, 1.165) is 61.0 Å². The molecule has 2 heterocycles. The first kappa shape index (κ1) is 22.4. The highest BCUT2D eigenvalue weighted by atomic mass is 35.5. The van der Waals surface area contributed by atoms with Crippen LogP contribution in [-0.4, -0.2) is 48.8 Å². The maximum absolute atomic E-state index is 12.7. The molecule has 1 N–H and O–H groups in total. The zero-order chi connectivity index (χ0) is 22.0. The van der Waals surface area contributed by atoms with Crippen molar-refractivity contribution in [1.82, 2.24) is 4.90 Å². The molecule has 2 aliphatic rings. The number of anilines is 2. The van der Waals surface area contributed by atoms with Crippen molar-refractivity contribution in [2.75, 3.05) is 43.0 Å². The number of fused-ring (bicyclic) bond motifs is 1. The van der Waals surface area contributed by atoms with Crippen LogP contribution in [0.2, 0.25) is 5.02 Å². The Kier molecular flexibility index (Phi) is 7.04. The number of thiophene rings is 1. The fraction of sp³-hybridized carbons (Fsp3) is 0.478. The van der Waals surface area contributed by atoms with Crippen molar-refractivity contribution < 1.29 is 9.53 Å². The average molecular weight is 478 g/mol. The lowest BCUT2D eigenvalue weighted by Gasteiger charge is -2.38. The maximum atomic E-state index is 12.7. The van der Waals surface area contributed by atoms with E-state index in [4.69, 9.17) is 28.6 Å². The molecule has 1 aromatic heterocycles. The van der Waals surface area contributed by atoms with E-state index >= 15 is 0 Å². The number of halogens is 1. The summed E-state index contributed by atoms with van der Waals surface area (Å²) < 4.78 is 5.36. The van der Waals surface area contributed by atoms with Crippen LogP contribution in [0, 0.1) is 6.92 Å². The molecule has 0 bridgehead atoms. The number of esters is 1. The Morgan fingerprint density at radius 3 is 2.71 bits per heavy atom. The molecule has 0 saturated carbocycles. The first-order valence-corrected chi connectivity index (χ1v) is 12.5. The lowest BCUT2D eigenvalue weighted by atomic mass is 9.95. The fourth-order valence-corrected chi connectivity index (χ4v) is 6.12. The number of carbonyl (C=O) groups excluding carboxylic acids is 1. The molecule has 31 heavy (non-hydrogen) atoms. The van der Waals surface area contributed by atoms with Gasteiger partial charge in [-0.1, -0.05) is 17.7 Å². The van der Waals surface area contributed by atoms with E-state index in [1.54, 1.807) is 11.3 Å². The van der Waals surface area contributed by atoms with Crippen molar-refractivity contribution in [3.63, 3.8) is 0 Å². The number of thiocarbonyl (C=S) groups is 1. The molecule has 5 nitrogen and oxygen atoms in total. The molecule has 0 atom stereocenters. The van der Waals surface area contributed by atoms with Crippen LogP contribution < -0.4 is 10.2 Å². The number of carbonyl (C=O) groups is 1. The van der Waals surface area contributed by atoms with Crippen molar-refractivity contribution in [3.8, 4) is 0 Å². The number of rotatable bonds is 4. The highest BCUT2D eigenvalue weighted by Crippen LogP contribution is 2.39. The van der Waals surface area contributed by atoms with E-state index in [2.05, 4.69) is 28.1 Å². The number of nitrogens with one attached hydrogen (secondary N) is 1. The van der Waals surface area contributed by atoms with Crippen LogP contribution in [0.25, 0.3) is 0 Å². The van der Waals surface area contributed by atoms with Gasteiger partial charge >= 0.3 is 5.97 Å². The summed E-state index contributed by atoms with van der Waals surface area (Å²) in [7, 11) is 0. The van der Waals surface area contributed by atoms with Crippen molar-refractivity contribution >= 4 is 56.9 Å². The summed E-state index contributed by atoms with van der Waals surface area (Å²) >= 11 is 13.6. The van der Waals surface area contributed by atoms with Gasteiger partial charge in [-0.2, -0.15) is 0 Å². The topological polar surface area (TPSA) is 44.8 Å². The number of ether oxygens (including phenoxy) is 1. The van der Waals surface area contributed by atoms with Gasteiger partial charge in [0.05, 0.1) is 12.2 Å². The predicted octanol–water partition coefficient (Wildman–Crippen LogP) is 5.28. The molecular formula is C23H28ClN3O2S2. The zero-order valence-electron chi connectivity index (χ0n) is 18.0. The number of piperazine rings is 1. The summed E-state index contributed by atoms with van der Waals surface area (Å²) in [5, 5.41) is 5.65. The van der Waals surface area contributed by atoms with Gasteiger partial charge < -0.3 is 19.9 Å². The molecule has 1 fully saturated rings. The summed E-state index contributed by atoms with van der Waals surface area (Å²) in [5.41, 5.74) is 4.25. The Balaban J connectivity index is 1.45. The summed E-state index contributed by atoms with van der Waals surface area (Å²) in [4.78, 5) is 18.5. The van der Waals surface area contributed by atoms with Crippen molar-refractivity contribution in [1.29, 1.82) is 0 Å². The zero-order valence-corrected chi connectivity index (χ0v) is 20.4. The second-order valence-corrected chi connectivity index (χ2v) is 9.90. The van der Waals surface area contributed by atoms with Gasteiger partial charge in [-0.3, -0.25) is 0 Å². The lowest BCUT2D eigenvalue weighted by Crippen LogP contribution is -2.50. The van der Waals surface area contributed by atoms with Gasteiger partial charge in [0.25, 0.3) is 0 Å². The molecule has 8 heteroatoms. The Morgan fingerprint density at radius 1 is 1.23 bits per heavy atom. The molecule has 1 aromatic carbocycles. The first-order chi connectivity index (χ1) is 15.0. The van der Waals surface area contributed by atoms with Crippen LogP contribution in [-0.2, 0) is 17.6 Å². The number of hydrogen-bond donors (Lipinski definition) is 1. The van der Waals surface area contributed by atoms with E-state index in [1.807, 2.05) is 19.1 Å². The fourth-order valence-electron chi connectivity index (χ4n) is 4.32. The third-order valence-corrected chi connectivity index (χ3v) is 7.75. The summed E-state index contributed by atoms with van der Waals surface area (Å²) in [5.74, 6) is -0.242. The molecule has 0 radical (unpaired) electrons. The highest BCUT2D eigenvalue weighted by Gasteiger charge is 2.28. The minimum atomic E-state index is -0.242. The third-order valence-electron chi connectivity index (χ3n) is 5.95. The van der Waals surface area contributed by atoms with Crippen LogP contribution in [0.4, 0.5) is 10.7 Å². The predicted molar refractivity (Wildman–Crippen MR) is 133 cm³/mol. The monoisotopic (exact) mass is 477 g/mol. The third kappa shape index (κ3) is 4.83. The van der Waals surface area contributed by atoms with E-state index in [9.17, 15) is 4.79 Å². The second-order valence-electron chi connectivity index (χ2n) is 7.97. The van der Waals surface area contributed by atoms with Crippen LogP contribution in [0.3, 0.4) is 0 Å². The summed E-state index contributed by atoms with van der Waals surface area (Å²) in [6.07, 6.45) is 4.25. The number of nitrogens with zero attached hydrogens (tertiary/aromatic N) is 2. The second kappa shape index (κ2) is 9.76. The van der Waals surface area contributed by atoms with Gasteiger partial charge in [0.1, 0.15) is 5.00 Å². The van der Waals surface area contributed by atoms with E-state index in [-0.39, 0.29) is 5.97 Å². The van der Waals surface area contributed by atoms with Gasteiger partial charge in [-0.25, -0.2) is 4.79 Å². The Morgan fingerprint density at radius 2 is 1.97 bits per heavy atom. The molecule has 0 amide bonds. The molecule has 2 aromatic rings. The molecule has 4 rings (SSSR count). The Labute approximate surface area is 198 Å². The summed E-state index contributed by atoms with van der Waals surface area (Å²) in [6, 6.07) is 6.02. The van der Waals surface area contributed by atoms with Gasteiger partial charge in [0.15, 0.2) is 5.11 Å². The molecule has 1 aliphatic carbocycles. The molecule has 166 valence electrons. The highest BCUT2D eigenvalue weighted by molar-refractivity contribution is 7.80. The molecule has 0 unspecified atom stereocenters. The van der Waals surface area contributed by atoms with E-state index in [0.29, 0.717) is 17.3 Å². The average Bonchev–Trinajstić information content (AvgIpc) is 3.13. The number of hydrogen-bond acceptors (Lipinski definition) is 5. The number of aryl methyl sites for hydroxylation is 2. The SMILES string of the molecule is CCOC(=O)c1c(NC(=S)N2CCN(c3cc(Cl)ccc3C)CC2)sc2c1CCCC2. The van der Waals surface area contributed by atoms with Crippen molar-refractivity contribution in [2.24, 2.45) is 0 Å².